The van der Waals surface area contributed by atoms with Crippen LogP contribution in [0.25, 0.3) is 10.9 Å². The van der Waals surface area contributed by atoms with E-state index >= 15 is 0 Å². The molecule has 15 heteroatoms. The molecule has 382 valence electrons. The first-order valence-corrected chi connectivity index (χ1v) is 24.5. The van der Waals surface area contributed by atoms with Crippen molar-refractivity contribution in [3.63, 3.8) is 0 Å². The van der Waals surface area contributed by atoms with E-state index in [4.69, 9.17) is 19.3 Å². The van der Waals surface area contributed by atoms with Gasteiger partial charge >= 0.3 is 11.9 Å². The highest BCUT2D eigenvalue weighted by Crippen LogP contribution is 2.30. The molecule has 0 spiro atoms. The molecule has 4 N–H and O–H groups in total. The zero-order valence-electron chi connectivity index (χ0n) is 44.1. The molecule has 2 heterocycles. The van der Waals surface area contributed by atoms with Crippen LogP contribution in [0.15, 0.2) is 30.5 Å². The van der Waals surface area contributed by atoms with Crippen molar-refractivity contribution in [2.24, 2.45) is 29.6 Å². The van der Waals surface area contributed by atoms with Crippen LogP contribution in [-0.4, -0.2) is 132 Å². The third-order valence-corrected chi connectivity index (χ3v) is 12.8. The summed E-state index contributed by atoms with van der Waals surface area (Å²) in [6.45, 7) is 28.0. The number of likely N-dealkylation sites (tertiary alicyclic amines) is 1. The van der Waals surface area contributed by atoms with Gasteiger partial charge in [0.05, 0.1) is 42.7 Å². The van der Waals surface area contributed by atoms with Crippen LogP contribution in [0, 0.1) is 29.6 Å². The molecule has 0 saturated carbocycles. The van der Waals surface area contributed by atoms with Gasteiger partial charge in [0.15, 0.2) is 5.78 Å². The number of aromatic nitrogens is 1. The minimum absolute atomic E-state index is 0.0186. The van der Waals surface area contributed by atoms with Gasteiger partial charge in [0.1, 0.15) is 11.6 Å². The third kappa shape index (κ3) is 19.3. The van der Waals surface area contributed by atoms with E-state index in [0.29, 0.717) is 31.8 Å². The van der Waals surface area contributed by atoms with E-state index in [1.165, 1.54) is 6.92 Å². The second-order valence-corrected chi connectivity index (χ2v) is 19.7. The van der Waals surface area contributed by atoms with E-state index in [9.17, 15) is 28.8 Å². The molecular weight excluding hydrogens is 855 g/mol. The van der Waals surface area contributed by atoms with Crippen LogP contribution in [0.3, 0.4) is 0 Å². The summed E-state index contributed by atoms with van der Waals surface area (Å²) in [4.78, 5) is 82.3. The zero-order valence-corrected chi connectivity index (χ0v) is 44.1. The smallest absolute Gasteiger partial charge is 0.329 e. The number of hydrogen-bond donors (Lipinski definition) is 4. The SMILES string of the molecule is CC.CC(=O)[C@@H](NC(=O)C(C(C)C)N(C)CCCC(=O)O)C(C)C.CC[C@H](C)[C@H](C)[C@@H](CC(=O)N1CCC[C@H]1[C@H](OC)[C@@H](C)C(=O)N[C@@H](Cc1c[nH]c2ccccc12)C(=O)OC(C)(C)C)OC. The highest BCUT2D eigenvalue weighted by Gasteiger charge is 2.42. The van der Waals surface area contributed by atoms with Crippen molar-refractivity contribution in [3.05, 3.63) is 36.0 Å². The van der Waals surface area contributed by atoms with E-state index in [1.807, 2.05) is 110 Å². The number of carboxylic acid groups (broad SMARTS) is 1. The zero-order chi connectivity index (χ0) is 51.3. The summed E-state index contributed by atoms with van der Waals surface area (Å²) in [5.41, 5.74) is 1.16. The number of para-hydroxylation sites is 1. The molecule has 1 aliphatic heterocycles. The first-order chi connectivity index (χ1) is 31.4. The topological polar surface area (TPSA) is 197 Å². The Hall–Kier alpha value is -4.34. The number of benzene rings is 1. The maximum absolute atomic E-state index is 13.7. The summed E-state index contributed by atoms with van der Waals surface area (Å²) >= 11 is 0. The Morgan fingerprint density at radius 2 is 1.55 bits per heavy atom. The molecule has 0 radical (unpaired) electrons. The average molecular weight is 944 g/mol. The number of methoxy groups -OCH3 is 2. The molecule has 1 unspecified atom stereocenters. The lowest BCUT2D eigenvalue weighted by Crippen LogP contribution is -2.54. The number of fused-ring (bicyclic) bond motifs is 1. The molecule has 67 heavy (non-hydrogen) atoms. The minimum Gasteiger partial charge on any atom is -0.481 e. The van der Waals surface area contributed by atoms with Gasteiger partial charge < -0.3 is 39.8 Å². The average Bonchev–Trinajstić information content (AvgIpc) is 3.91. The molecule has 3 amide bonds. The lowest BCUT2D eigenvalue weighted by molar-refractivity contribution is -0.159. The summed E-state index contributed by atoms with van der Waals surface area (Å²) in [5.74, 6) is -1.71. The first-order valence-electron chi connectivity index (χ1n) is 24.5. The number of nitrogens with one attached hydrogen (secondary N) is 3. The molecule has 9 atom stereocenters. The number of likely N-dealkylation sites (N-methyl/N-ethyl adjacent to an activating group) is 1. The number of aromatic amines is 1. The normalized spacial score (nSPS) is 17.5. The van der Waals surface area contributed by atoms with Crippen molar-refractivity contribution in [1.29, 1.82) is 0 Å². The summed E-state index contributed by atoms with van der Waals surface area (Å²) in [5, 5.41) is 15.5. The van der Waals surface area contributed by atoms with Gasteiger partial charge in [0.25, 0.3) is 0 Å². The van der Waals surface area contributed by atoms with Gasteiger partial charge in [0.2, 0.25) is 17.7 Å². The second-order valence-electron chi connectivity index (χ2n) is 19.7. The van der Waals surface area contributed by atoms with E-state index in [-0.39, 0.29) is 72.3 Å². The number of carbonyl (C=O) groups excluding carboxylic acids is 5. The van der Waals surface area contributed by atoms with Crippen molar-refractivity contribution in [2.75, 3.05) is 34.4 Å². The fourth-order valence-corrected chi connectivity index (χ4v) is 8.80. The molecule has 0 aliphatic carbocycles. The lowest BCUT2D eigenvalue weighted by Gasteiger charge is -2.35. The van der Waals surface area contributed by atoms with E-state index in [0.717, 1.165) is 35.7 Å². The van der Waals surface area contributed by atoms with Gasteiger partial charge in [-0.15, -0.1) is 0 Å². The molecule has 1 aromatic heterocycles. The molecular formula is C52H89N5O10. The molecule has 3 rings (SSSR count). The lowest BCUT2D eigenvalue weighted by atomic mass is 9.87. The van der Waals surface area contributed by atoms with Gasteiger partial charge in [-0.2, -0.15) is 0 Å². The first kappa shape index (κ1) is 60.7. The number of hydrogen-bond acceptors (Lipinski definition) is 10. The van der Waals surface area contributed by atoms with Crippen molar-refractivity contribution in [2.45, 2.75) is 184 Å². The van der Waals surface area contributed by atoms with Crippen molar-refractivity contribution < 1.29 is 48.1 Å². The Labute approximate surface area is 402 Å². The fraction of sp³-hybridized carbons (Fsp3) is 0.731. The van der Waals surface area contributed by atoms with Gasteiger partial charge in [-0.3, -0.25) is 28.9 Å². The van der Waals surface area contributed by atoms with E-state index in [1.54, 1.807) is 21.1 Å². The van der Waals surface area contributed by atoms with E-state index in [2.05, 4.69) is 36.4 Å². The second kappa shape index (κ2) is 29.5. The number of amides is 3. The Morgan fingerprint density at radius 3 is 2.07 bits per heavy atom. The van der Waals surface area contributed by atoms with Gasteiger partial charge in [0, 0.05) is 50.7 Å². The van der Waals surface area contributed by atoms with Crippen molar-refractivity contribution in [1.82, 2.24) is 25.4 Å². The fourth-order valence-electron chi connectivity index (χ4n) is 8.80. The number of ketones is 1. The Morgan fingerprint density at radius 1 is 0.925 bits per heavy atom. The van der Waals surface area contributed by atoms with Crippen LogP contribution in [0.5, 0.6) is 0 Å². The summed E-state index contributed by atoms with van der Waals surface area (Å²) in [6.07, 6.45) is 4.89. The number of esters is 1. The van der Waals surface area contributed by atoms with Crippen LogP contribution in [0.4, 0.5) is 0 Å². The number of rotatable bonds is 24. The Balaban J connectivity index is 0.000000790. The minimum atomic E-state index is -0.892. The summed E-state index contributed by atoms with van der Waals surface area (Å²) in [7, 11) is 5.06. The van der Waals surface area contributed by atoms with Crippen LogP contribution in [0.1, 0.15) is 141 Å². The third-order valence-electron chi connectivity index (χ3n) is 12.8. The van der Waals surface area contributed by atoms with Crippen LogP contribution in [-0.2, 0) is 49.4 Å². The molecule has 1 aromatic carbocycles. The number of carbonyl (C=O) groups is 6. The van der Waals surface area contributed by atoms with Crippen LogP contribution in [0.2, 0.25) is 0 Å². The molecule has 15 nitrogen and oxygen atoms in total. The van der Waals surface area contributed by atoms with Gasteiger partial charge in [-0.05, 0) is 95.9 Å². The number of carboxylic acids is 1. The Kier molecular flexibility index (Phi) is 26.7. The number of H-pyrrole nitrogens is 1. The monoisotopic (exact) mass is 944 g/mol. The molecule has 2 aromatic rings. The van der Waals surface area contributed by atoms with Crippen LogP contribution < -0.4 is 10.6 Å². The number of aliphatic carboxylic acids is 1. The highest BCUT2D eigenvalue weighted by molar-refractivity contribution is 5.90. The van der Waals surface area contributed by atoms with Crippen molar-refractivity contribution >= 4 is 46.3 Å². The van der Waals surface area contributed by atoms with Crippen LogP contribution >= 0.6 is 0 Å². The quantitative estimate of drug-likeness (QED) is 0.0749. The highest BCUT2D eigenvalue weighted by atomic mass is 16.6. The number of ether oxygens (including phenoxy) is 3. The van der Waals surface area contributed by atoms with E-state index < -0.39 is 41.6 Å². The molecule has 1 fully saturated rings. The predicted octanol–water partition coefficient (Wildman–Crippen LogP) is 7.83. The summed E-state index contributed by atoms with van der Waals surface area (Å²) < 4.78 is 17.4. The molecule has 1 aliphatic rings. The maximum Gasteiger partial charge on any atom is 0.329 e. The number of Topliss-reactive ketones (excluding diaryl/α,β-unsaturated/α-hetero) is 1. The maximum atomic E-state index is 13.7. The van der Waals surface area contributed by atoms with Gasteiger partial charge in [-0.1, -0.05) is 93.9 Å². The van der Waals surface area contributed by atoms with Crippen molar-refractivity contribution in [3.8, 4) is 0 Å². The standard InChI is InChI=1S/C34H53N3O6.C16H30N2O4.C2H6/c1-10-21(2)22(3)29(41-8)19-30(38)37-17-13-16-28(37)31(42-9)23(4)32(39)36-27(33(40)43-34(5,6)7)18-24-20-35-26-15-12-11-14-25(24)26;1-10(2)14(12(5)19)17-16(22)15(11(3)4)18(6)9-7-8-13(20)21;1-2/h11-12,14-15,20-23,27-29,31,35H,10,13,16-19H2,1-9H3,(H,36,39);10-11,14-15H,7-9H2,1-6H3,(H,17,22)(H,20,21);1-2H3/t21-,22-,23+,27-,28-,29+,31+;14-,15?;/m00./s1. The van der Waals surface area contributed by atoms with Gasteiger partial charge in [-0.25, -0.2) is 4.79 Å². The number of nitrogens with zero attached hydrogens (tertiary/aromatic N) is 2. The predicted molar refractivity (Wildman–Crippen MR) is 265 cm³/mol. The summed E-state index contributed by atoms with van der Waals surface area (Å²) in [6, 6.07) is 5.85. The molecule has 1 saturated heterocycles. The Bertz CT molecular complexity index is 1840. The molecule has 0 bridgehead atoms. The largest absolute Gasteiger partial charge is 0.481 e.